The molecule has 1 atom stereocenters. The summed E-state index contributed by atoms with van der Waals surface area (Å²) in [5.41, 5.74) is 1.69. The first-order valence-electron chi connectivity index (χ1n) is 8.36. The molecule has 2 aliphatic heterocycles. The fraction of sp³-hybridized carbons (Fsp3) is 0.500. The molecule has 6 nitrogen and oxygen atoms in total. The van der Waals surface area contributed by atoms with E-state index in [1.54, 1.807) is 14.2 Å². The van der Waals surface area contributed by atoms with Gasteiger partial charge in [-0.05, 0) is 37.0 Å². The zero-order valence-electron chi connectivity index (χ0n) is 14.2. The number of hydrogen-bond donors (Lipinski definition) is 0. The Labute approximate surface area is 142 Å². The molecule has 1 aromatic carbocycles. The van der Waals surface area contributed by atoms with Gasteiger partial charge in [-0.25, -0.2) is 5.01 Å². The maximum Gasteiger partial charge on any atom is 0.270 e. The monoisotopic (exact) mass is 329 g/mol. The molecule has 3 rings (SSSR count). The van der Waals surface area contributed by atoms with Gasteiger partial charge >= 0.3 is 0 Å². The van der Waals surface area contributed by atoms with Crippen LogP contribution in [0.5, 0.6) is 5.75 Å². The van der Waals surface area contributed by atoms with Crippen LogP contribution in [0.3, 0.4) is 0 Å². The Morgan fingerprint density at radius 1 is 1.29 bits per heavy atom. The first-order valence-corrected chi connectivity index (χ1v) is 8.36. The van der Waals surface area contributed by atoms with E-state index in [-0.39, 0.29) is 17.9 Å². The van der Waals surface area contributed by atoms with Crippen LogP contribution in [0.4, 0.5) is 0 Å². The van der Waals surface area contributed by atoms with Crippen LogP contribution in [0, 0.1) is 0 Å². The average molecular weight is 329 g/mol. The molecule has 0 aliphatic carbocycles. The zero-order chi connectivity index (χ0) is 17.1. The topological polar surface area (TPSA) is 62.2 Å². The molecule has 6 heteroatoms. The second-order valence-electron chi connectivity index (χ2n) is 6.31. The number of ether oxygens (including phenoxy) is 1. The summed E-state index contributed by atoms with van der Waals surface area (Å²) in [5, 5.41) is 5.45. The Kier molecular flexibility index (Phi) is 4.83. The second-order valence-corrected chi connectivity index (χ2v) is 6.31. The Morgan fingerprint density at radius 2 is 2.04 bits per heavy atom. The first kappa shape index (κ1) is 16.5. The van der Waals surface area contributed by atoms with E-state index in [4.69, 9.17) is 4.74 Å². The molecule has 24 heavy (non-hydrogen) atoms. The number of hydrogen-bond acceptors (Lipinski definition) is 4. The zero-order valence-corrected chi connectivity index (χ0v) is 14.2. The first-order chi connectivity index (χ1) is 11.6. The normalized spacial score (nSPS) is 21.0. The number of amides is 2. The van der Waals surface area contributed by atoms with Crippen molar-refractivity contribution in [1.29, 1.82) is 0 Å². The highest BCUT2D eigenvalue weighted by Gasteiger charge is 2.33. The maximum atomic E-state index is 12.8. The minimum Gasteiger partial charge on any atom is -0.497 e. The lowest BCUT2D eigenvalue weighted by atomic mass is 10.0. The molecule has 0 aromatic heterocycles. The summed E-state index contributed by atoms with van der Waals surface area (Å²) in [6.45, 7) is 0.760. The minimum absolute atomic E-state index is 0.0228. The molecule has 0 spiro atoms. The number of hydrazone groups is 1. The van der Waals surface area contributed by atoms with Gasteiger partial charge in [0.2, 0.25) is 5.91 Å². The predicted molar refractivity (Wildman–Crippen MR) is 90.9 cm³/mol. The summed E-state index contributed by atoms with van der Waals surface area (Å²) in [7, 11) is 3.26. The Bertz CT molecular complexity index is 654. The van der Waals surface area contributed by atoms with E-state index in [0.29, 0.717) is 18.6 Å². The maximum absolute atomic E-state index is 12.8. The van der Waals surface area contributed by atoms with E-state index in [1.807, 2.05) is 29.2 Å². The van der Waals surface area contributed by atoms with E-state index in [2.05, 4.69) is 5.10 Å². The van der Waals surface area contributed by atoms with Gasteiger partial charge in [0.05, 0.1) is 7.11 Å². The number of methoxy groups -OCH3 is 1. The molecule has 2 amide bonds. The lowest BCUT2D eigenvalue weighted by Gasteiger charge is -2.27. The molecule has 128 valence electrons. The van der Waals surface area contributed by atoms with Crippen LogP contribution in [0.2, 0.25) is 0 Å². The van der Waals surface area contributed by atoms with Crippen LogP contribution >= 0.6 is 0 Å². The third-order valence-corrected chi connectivity index (χ3v) is 4.72. The third-order valence-electron chi connectivity index (χ3n) is 4.72. The quantitative estimate of drug-likeness (QED) is 0.847. The van der Waals surface area contributed by atoms with Gasteiger partial charge in [-0.2, -0.15) is 5.10 Å². The summed E-state index contributed by atoms with van der Waals surface area (Å²) >= 11 is 0. The highest BCUT2D eigenvalue weighted by Crippen LogP contribution is 2.24. The van der Waals surface area contributed by atoms with Crippen molar-refractivity contribution < 1.29 is 14.3 Å². The number of benzene rings is 1. The van der Waals surface area contributed by atoms with E-state index in [0.717, 1.165) is 31.6 Å². The highest BCUT2D eigenvalue weighted by molar-refractivity contribution is 6.39. The number of rotatable bonds is 4. The Hall–Kier alpha value is -2.37. The summed E-state index contributed by atoms with van der Waals surface area (Å²) in [5.74, 6) is 0.774. The van der Waals surface area contributed by atoms with E-state index >= 15 is 0 Å². The van der Waals surface area contributed by atoms with Crippen LogP contribution in [0.25, 0.3) is 0 Å². The molecule has 0 N–H and O–H groups in total. The van der Waals surface area contributed by atoms with E-state index in [1.165, 1.54) is 10.6 Å². The van der Waals surface area contributed by atoms with Crippen LogP contribution < -0.4 is 4.74 Å². The fourth-order valence-corrected chi connectivity index (χ4v) is 3.34. The van der Waals surface area contributed by atoms with Gasteiger partial charge in [0.1, 0.15) is 11.5 Å². The Balaban J connectivity index is 1.69. The van der Waals surface area contributed by atoms with Crippen molar-refractivity contribution in [3.8, 4) is 5.75 Å². The average Bonchev–Trinajstić information content (AvgIpc) is 3.05. The molecule has 1 saturated heterocycles. The molecule has 0 saturated carbocycles. The van der Waals surface area contributed by atoms with Gasteiger partial charge < -0.3 is 9.64 Å². The van der Waals surface area contributed by atoms with E-state index in [9.17, 15) is 9.59 Å². The lowest BCUT2D eigenvalue weighted by molar-refractivity contribution is -0.130. The van der Waals surface area contributed by atoms with Crippen LogP contribution in [0.15, 0.2) is 29.4 Å². The molecular formula is C18H23N3O3. The molecule has 2 heterocycles. The number of nitrogens with zero attached hydrogens (tertiary/aromatic N) is 3. The van der Waals surface area contributed by atoms with Crippen molar-refractivity contribution in [2.75, 3.05) is 20.7 Å². The van der Waals surface area contributed by atoms with Crippen molar-refractivity contribution >= 4 is 17.5 Å². The van der Waals surface area contributed by atoms with Crippen molar-refractivity contribution in [3.63, 3.8) is 0 Å². The lowest BCUT2D eigenvalue weighted by Crippen LogP contribution is -2.43. The number of likely N-dealkylation sites (tertiary alicyclic amines) is 1. The summed E-state index contributed by atoms with van der Waals surface area (Å²) in [4.78, 5) is 26.2. The van der Waals surface area contributed by atoms with Crippen LogP contribution in [-0.2, 0) is 16.0 Å². The fourth-order valence-electron chi connectivity index (χ4n) is 3.34. The Morgan fingerprint density at radius 3 is 2.71 bits per heavy atom. The van der Waals surface area contributed by atoms with Crippen molar-refractivity contribution in [1.82, 2.24) is 9.91 Å². The van der Waals surface area contributed by atoms with Crippen molar-refractivity contribution in [3.05, 3.63) is 29.8 Å². The van der Waals surface area contributed by atoms with Gasteiger partial charge in [0.15, 0.2) is 0 Å². The second kappa shape index (κ2) is 7.03. The largest absolute Gasteiger partial charge is 0.497 e. The number of carbonyl (C=O) groups excluding carboxylic acids is 2. The third kappa shape index (κ3) is 3.42. The predicted octanol–water partition coefficient (Wildman–Crippen LogP) is 1.84. The standard InChI is InChI=1S/C18H23N3O3/c1-20-17(22)10-9-16(19-20)18(23)21-11-3-4-14(21)12-13-5-7-15(24-2)8-6-13/h5-8,14H,3-4,9-12H2,1-2H3/t14-/m0/s1. The molecule has 0 radical (unpaired) electrons. The van der Waals surface area contributed by atoms with Gasteiger partial charge in [0, 0.05) is 32.5 Å². The van der Waals surface area contributed by atoms with Crippen LogP contribution in [-0.4, -0.2) is 54.2 Å². The minimum atomic E-state index is -0.0391. The SMILES string of the molecule is COc1ccc(C[C@@H]2CCCN2C(=O)C2=NN(C)C(=O)CC2)cc1. The molecule has 2 aliphatic rings. The molecule has 0 bridgehead atoms. The number of carbonyl (C=O) groups is 2. The highest BCUT2D eigenvalue weighted by atomic mass is 16.5. The summed E-state index contributed by atoms with van der Waals surface area (Å²) in [6.07, 6.45) is 3.64. The molecule has 1 fully saturated rings. The van der Waals surface area contributed by atoms with Gasteiger partial charge in [-0.1, -0.05) is 12.1 Å². The summed E-state index contributed by atoms with van der Waals surface area (Å²) in [6, 6.07) is 8.18. The smallest absolute Gasteiger partial charge is 0.270 e. The van der Waals surface area contributed by atoms with E-state index < -0.39 is 0 Å². The van der Waals surface area contributed by atoms with Crippen LogP contribution in [0.1, 0.15) is 31.2 Å². The molecule has 1 aromatic rings. The molecule has 0 unspecified atom stereocenters. The van der Waals surface area contributed by atoms with Crippen molar-refractivity contribution in [2.45, 2.75) is 38.1 Å². The van der Waals surface area contributed by atoms with Gasteiger partial charge in [0.25, 0.3) is 5.91 Å². The van der Waals surface area contributed by atoms with Gasteiger partial charge in [-0.3, -0.25) is 9.59 Å². The van der Waals surface area contributed by atoms with Gasteiger partial charge in [-0.15, -0.1) is 0 Å². The molecular weight excluding hydrogens is 306 g/mol. The van der Waals surface area contributed by atoms with Crippen molar-refractivity contribution in [2.24, 2.45) is 5.10 Å². The summed E-state index contributed by atoms with van der Waals surface area (Å²) < 4.78 is 5.18.